The zero-order valence-electron chi connectivity index (χ0n) is 16.4. The van der Waals surface area contributed by atoms with Gasteiger partial charge in [-0.1, -0.05) is 36.1 Å². The van der Waals surface area contributed by atoms with Gasteiger partial charge in [0.25, 0.3) is 5.91 Å². The zero-order valence-corrected chi connectivity index (χ0v) is 18.0. The Labute approximate surface area is 187 Å². The number of nitrogens with one attached hydrogen (secondary N) is 1. The van der Waals surface area contributed by atoms with Gasteiger partial charge < -0.3 is 35.2 Å². The van der Waals surface area contributed by atoms with E-state index in [0.29, 0.717) is 10.7 Å². The summed E-state index contributed by atoms with van der Waals surface area (Å²) in [6.07, 6.45) is -4.29. The smallest absolute Gasteiger partial charge is 0.266 e. The molecule has 0 bridgehead atoms. The summed E-state index contributed by atoms with van der Waals surface area (Å²) >= 11 is 6.25. The van der Waals surface area contributed by atoms with Crippen LogP contribution in [0.2, 0.25) is 0 Å². The quantitative estimate of drug-likeness (QED) is 0.254. The number of methoxy groups -OCH3 is 1. The number of aliphatic hydroxyl groups is 4. The first kappa shape index (κ1) is 23.6. The van der Waals surface area contributed by atoms with Gasteiger partial charge >= 0.3 is 0 Å². The second kappa shape index (κ2) is 10.0. The highest BCUT2D eigenvalue weighted by Gasteiger charge is 2.44. The van der Waals surface area contributed by atoms with E-state index in [1.165, 1.54) is 0 Å². The van der Waals surface area contributed by atoms with Crippen LogP contribution in [0.15, 0.2) is 29.2 Å². The van der Waals surface area contributed by atoms with Crippen LogP contribution >= 0.6 is 24.0 Å². The molecule has 0 saturated carbocycles. The first-order valence-electron chi connectivity index (χ1n) is 9.24. The van der Waals surface area contributed by atoms with Crippen LogP contribution in [0.3, 0.4) is 0 Å². The number of hydrogen-bond acceptors (Lipinski definition) is 10. The lowest BCUT2D eigenvalue weighted by Gasteiger charge is -2.40. The van der Waals surface area contributed by atoms with Gasteiger partial charge in [0.1, 0.15) is 41.0 Å². The summed E-state index contributed by atoms with van der Waals surface area (Å²) in [5.74, 6) is -0.501. The van der Waals surface area contributed by atoms with Crippen molar-refractivity contribution in [3.63, 3.8) is 0 Å². The maximum Gasteiger partial charge on any atom is 0.266 e. The molecule has 2 heterocycles. The highest BCUT2D eigenvalue weighted by atomic mass is 32.2. The van der Waals surface area contributed by atoms with Crippen molar-refractivity contribution in [2.75, 3.05) is 20.3 Å². The lowest BCUT2D eigenvalue weighted by molar-refractivity contribution is -0.253. The molecule has 0 unspecified atom stereocenters. The lowest BCUT2D eigenvalue weighted by atomic mass is 9.97. The van der Waals surface area contributed by atoms with Crippen LogP contribution in [0.4, 0.5) is 0 Å². The SMILES string of the molecule is COc1ccc(/C=C2\SC(=S)N(CC(=O)N[C@@H]3[C@H](O)[C@H](O)[C@H](CO)O[C@@H]3O)C2=O)cc1. The molecule has 10 nitrogen and oxygen atoms in total. The van der Waals surface area contributed by atoms with Crippen molar-refractivity contribution in [1.82, 2.24) is 10.2 Å². The maximum atomic E-state index is 12.7. The molecule has 2 saturated heterocycles. The molecule has 0 spiro atoms. The van der Waals surface area contributed by atoms with Gasteiger partial charge in [-0.15, -0.1) is 0 Å². The van der Waals surface area contributed by atoms with E-state index in [9.17, 15) is 24.9 Å². The van der Waals surface area contributed by atoms with Gasteiger partial charge in [0.05, 0.1) is 18.6 Å². The topological polar surface area (TPSA) is 149 Å². The second-order valence-electron chi connectivity index (χ2n) is 6.86. The number of aliphatic hydroxyl groups excluding tert-OH is 4. The molecule has 0 aliphatic carbocycles. The van der Waals surface area contributed by atoms with Crippen LogP contribution in [0, 0.1) is 0 Å². The number of ether oxygens (including phenoxy) is 2. The van der Waals surface area contributed by atoms with Crippen LogP contribution in [-0.2, 0) is 14.3 Å². The van der Waals surface area contributed by atoms with Crippen molar-refractivity contribution in [1.29, 1.82) is 0 Å². The summed E-state index contributed by atoms with van der Waals surface area (Å²) in [5.41, 5.74) is 0.753. The summed E-state index contributed by atoms with van der Waals surface area (Å²) in [5, 5.41) is 41.4. The maximum absolute atomic E-state index is 12.7. The third kappa shape index (κ3) is 5.23. The molecule has 3 rings (SSSR count). The number of rotatable bonds is 6. The van der Waals surface area contributed by atoms with E-state index in [2.05, 4.69) is 5.32 Å². The van der Waals surface area contributed by atoms with E-state index in [4.69, 9.17) is 26.8 Å². The molecule has 1 aromatic carbocycles. The van der Waals surface area contributed by atoms with Crippen LogP contribution in [0.25, 0.3) is 6.08 Å². The van der Waals surface area contributed by atoms with Gasteiger partial charge in [-0.2, -0.15) is 0 Å². The molecule has 1 aromatic rings. The van der Waals surface area contributed by atoms with Gasteiger partial charge in [0.2, 0.25) is 5.91 Å². The monoisotopic (exact) mass is 470 g/mol. The van der Waals surface area contributed by atoms with Gasteiger partial charge in [-0.05, 0) is 23.8 Å². The summed E-state index contributed by atoms with van der Waals surface area (Å²) < 4.78 is 10.3. The van der Waals surface area contributed by atoms with E-state index < -0.39 is 55.6 Å². The van der Waals surface area contributed by atoms with Crippen LogP contribution in [0.1, 0.15) is 5.56 Å². The number of thioether (sulfide) groups is 1. The predicted molar refractivity (Wildman–Crippen MR) is 115 cm³/mol. The Kier molecular flexibility index (Phi) is 7.64. The molecular weight excluding hydrogens is 448 g/mol. The van der Waals surface area contributed by atoms with E-state index in [0.717, 1.165) is 22.2 Å². The summed E-state index contributed by atoms with van der Waals surface area (Å²) in [4.78, 5) is 26.5. The van der Waals surface area contributed by atoms with Crippen LogP contribution in [-0.4, -0.2) is 92.4 Å². The zero-order chi connectivity index (χ0) is 22.7. The number of carbonyl (C=O) groups excluding carboxylic acids is 2. The second-order valence-corrected chi connectivity index (χ2v) is 8.54. The van der Waals surface area contributed by atoms with Crippen LogP contribution < -0.4 is 10.1 Å². The van der Waals surface area contributed by atoms with Gasteiger partial charge in [0, 0.05) is 0 Å². The molecule has 5 N–H and O–H groups in total. The minimum Gasteiger partial charge on any atom is -0.497 e. The Morgan fingerprint density at radius 3 is 2.58 bits per heavy atom. The minimum atomic E-state index is -1.65. The van der Waals surface area contributed by atoms with Crippen LogP contribution in [0.5, 0.6) is 5.75 Å². The Bertz CT molecular complexity index is 878. The summed E-state index contributed by atoms with van der Waals surface area (Å²) in [7, 11) is 1.55. The van der Waals surface area contributed by atoms with Crippen molar-refractivity contribution < 1.29 is 39.5 Å². The first-order chi connectivity index (χ1) is 14.7. The summed E-state index contributed by atoms with van der Waals surface area (Å²) in [6.45, 7) is -1.06. The van der Waals surface area contributed by atoms with Crippen molar-refractivity contribution in [3.05, 3.63) is 34.7 Å². The fraction of sp³-hybridized carbons (Fsp3) is 0.421. The number of hydrogen-bond donors (Lipinski definition) is 5. The predicted octanol–water partition coefficient (Wildman–Crippen LogP) is -1.19. The number of carbonyl (C=O) groups is 2. The minimum absolute atomic E-state index is 0.182. The fourth-order valence-electron chi connectivity index (χ4n) is 3.12. The Morgan fingerprint density at radius 2 is 1.97 bits per heavy atom. The molecule has 12 heteroatoms. The van der Waals surface area contributed by atoms with Gasteiger partial charge in [0.15, 0.2) is 6.29 Å². The third-order valence-electron chi connectivity index (χ3n) is 4.82. The standard InChI is InChI=1S/C19H22N2O8S2/c1-28-10-4-2-9(3-5-10)6-12-17(26)21(19(30)31-12)7-13(23)20-14-16(25)15(24)11(8-22)29-18(14)27/h2-6,11,14-16,18,22,24-25,27H,7-8H2,1H3,(H,20,23)/b12-6-/t11-,14+,15+,16-,18-/m0/s1. The molecule has 2 amide bonds. The molecule has 31 heavy (non-hydrogen) atoms. The Hall–Kier alpha value is -2.06. The molecule has 168 valence electrons. The molecule has 2 fully saturated rings. The van der Waals surface area contributed by atoms with E-state index in [1.807, 2.05) is 0 Å². The van der Waals surface area contributed by atoms with E-state index >= 15 is 0 Å². The molecular formula is C19H22N2O8S2. The van der Waals surface area contributed by atoms with Crippen molar-refractivity contribution in [3.8, 4) is 5.75 Å². The number of amides is 2. The van der Waals surface area contributed by atoms with Crippen molar-refractivity contribution in [2.45, 2.75) is 30.6 Å². The van der Waals surface area contributed by atoms with E-state index in [1.54, 1.807) is 37.5 Å². The molecule has 2 aliphatic rings. The highest BCUT2D eigenvalue weighted by Crippen LogP contribution is 2.32. The molecule has 0 radical (unpaired) electrons. The number of benzene rings is 1. The molecule has 2 aliphatic heterocycles. The van der Waals surface area contributed by atoms with Crippen molar-refractivity contribution >= 4 is 46.2 Å². The highest BCUT2D eigenvalue weighted by molar-refractivity contribution is 8.26. The Morgan fingerprint density at radius 1 is 1.29 bits per heavy atom. The number of thiocarbonyl (C=S) groups is 1. The Balaban J connectivity index is 1.64. The number of nitrogens with zero attached hydrogens (tertiary/aromatic N) is 1. The molecule has 0 aromatic heterocycles. The van der Waals surface area contributed by atoms with Gasteiger partial charge in [-0.3, -0.25) is 14.5 Å². The average Bonchev–Trinajstić information content (AvgIpc) is 3.01. The lowest BCUT2D eigenvalue weighted by Crippen LogP contribution is -2.64. The first-order valence-corrected chi connectivity index (χ1v) is 10.5. The fourth-order valence-corrected chi connectivity index (χ4v) is 4.37. The normalized spacial score (nSPS) is 30.0. The van der Waals surface area contributed by atoms with Crippen molar-refractivity contribution in [2.24, 2.45) is 0 Å². The third-order valence-corrected chi connectivity index (χ3v) is 6.19. The largest absolute Gasteiger partial charge is 0.497 e. The van der Waals surface area contributed by atoms with E-state index in [-0.39, 0.29) is 4.32 Å². The summed E-state index contributed by atoms with van der Waals surface area (Å²) in [6, 6.07) is 5.69. The average molecular weight is 471 g/mol. The molecule has 5 atom stereocenters. The van der Waals surface area contributed by atoms with Gasteiger partial charge in [-0.25, -0.2) is 0 Å².